The number of rotatable bonds is 6. The van der Waals surface area contributed by atoms with Crippen LogP contribution in [0.25, 0.3) is 27.6 Å². The fraction of sp³-hybridized carbons (Fsp3) is 0.0263. The van der Waals surface area contributed by atoms with Gasteiger partial charge in [-0.3, -0.25) is 10.1 Å². The first-order chi connectivity index (χ1) is 21.5. The fourth-order valence-corrected chi connectivity index (χ4v) is 5.71. The minimum atomic E-state index is -1.36. The van der Waals surface area contributed by atoms with Gasteiger partial charge < -0.3 is 15.2 Å². The molecule has 0 aliphatic carbocycles. The van der Waals surface area contributed by atoms with E-state index in [0.717, 1.165) is 27.6 Å². The summed E-state index contributed by atoms with van der Waals surface area (Å²) in [6, 6.07) is 45.9. The number of hydrogen-bond acceptors (Lipinski definition) is 4. The molecule has 1 atom stereocenters. The molecule has 7 rings (SSSR count). The third-order valence-electron chi connectivity index (χ3n) is 7.84. The quantitative estimate of drug-likeness (QED) is 0.181. The molecule has 6 aromatic rings. The Labute approximate surface area is 260 Å². The molecule has 5 nitrogen and oxygen atoms in total. The number of amides is 1. The van der Waals surface area contributed by atoms with Crippen LogP contribution in [0.5, 0.6) is 5.75 Å². The van der Waals surface area contributed by atoms with E-state index in [0.29, 0.717) is 21.8 Å². The van der Waals surface area contributed by atoms with Gasteiger partial charge in [0.25, 0.3) is 5.91 Å². The lowest BCUT2D eigenvalue weighted by Gasteiger charge is -2.32. The molecule has 0 aromatic heterocycles. The van der Waals surface area contributed by atoms with Gasteiger partial charge in [-0.15, -0.1) is 0 Å². The molecule has 1 amide bonds. The Kier molecular flexibility index (Phi) is 7.01. The van der Waals surface area contributed by atoms with E-state index < -0.39 is 5.72 Å². The highest BCUT2D eigenvalue weighted by molar-refractivity contribution is 6.30. The van der Waals surface area contributed by atoms with E-state index in [9.17, 15) is 9.90 Å². The molecule has 44 heavy (non-hydrogen) atoms. The standard InChI is InChI=1S/C38H27ClN2O3/c39-32-22-18-27(19-23-32)35-37(40-36(43)28-9-2-1-3-10-28)44-38(41-35,33-12-6-7-13-34(33)42)31-20-16-26(17-21-31)30-15-14-25-8-4-5-11-29(25)24-30/h1-24,41-42H,(H,40,43). The number of para-hydroxylation sites is 1. The van der Waals surface area contributed by atoms with Crippen LogP contribution in [0, 0.1) is 0 Å². The second-order valence-electron chi connectivity index (χ2n) is 10.6. The van der Waals surface area contributed by atoms with Gasteiger partial charge in [0.2, 0.25) is 11.6 Å². The Balaban J connectivity index is 1.33. The van der Waals surface area contributed by atoms with Crippen LogP contribution in [-0.2, 0) is 10.5 Å². The first kappa shape index (κ1) is 27.3. The molecule has 0 radical (unpaired) electrons. The number of nitrogens with one attached hydrogen (secondary N) is 2. The van der Waals surface area contributed by atoms with Crippen molar-refractivity contribution in [3.63, 3.8) is 0 Å². The van der Waals surface area contributed by atoms with Gasteiger partial charge in [-0.1, -0.05) is 115 Å². The van der Waals surface area contributed by atoms with Crippen molar-refractivity contribution in [2.24, 2.45) is 0 Å². The van der Waals surface area contributed by atoms with E-state index >= 15 is 0 Å². The van der Waals surface area contributed by atoms with Gasteiger partial charge in [0.15, 0.2) is 0 Å². The summed E-state index contributed by atoms with van der Waals surface area (Å²) in [5, 5.41) is 20.6. The number of ether oxygens (including phenoxy) is 1. The molecule has 1 unspecified atom stereocenters. The summed E-state index contributed by atoms with van der Waals surface area (Å²) in [6.45, 7) is 0. The summed E-state index contributed by atoms with van der Waals surface area (Å²) in [5.74, 6) is -0.0543. The number of aromatic hydroxyl groups is 1. The van der Waals surface area contributed by atoms with E-state index in [-0.39, 0.29) is 17.5 Å². The van der Waals surface area contributed by atoms with Crippen LogP contribution in [0.4, 0.5) is 0 Å². The van der Waals surface area contributed by atoms with Crippen molar-refractivity contribution >= 4 is 34.0 Å². The lowest BCUT2D eigenvalue weighted by atomic mass is 9.91. The van der Waals surface area contributed by atoms with Gasteiger partial charge in [0, 0.05) is 21.7 Å². The number of halogens is 1. The number of phenolic OH excluding ortho intramolecular Hbond substituents is 1. The molecule has 3 N–H and O–H groups in total. The molecule has 0 saturated carbocycles. The Hall–Kier alpha value is -5.52. The summed E-state index contributed by atoms with van der Waals surface area (Å²) in [6.07, 6.45) is 0. The number of benzene rings is 6. The highest BCUT2D eigenvalue weighted by Crippen LogP contribution is 2.45. The number of carbonyl (C=O) groups is 1. The van der Waals surface area contributed by atoms with Crippen LogP contribution in [-0.4, -0.2) is 11.0 Å². The Morgan fingerprint density at radius 1 is 0.682 bits per heavy atom. The number of phenols is 1. The van der Waals surface area contributed by atoms with E-state index in [2.05, 4.69) is 41.0 Å². The average molecular weight is 595 g/mol. The molecule has 0 bridgehead atoms. The molecular weight excluding hydrogens is 568 g/mol. The molecule has 214 valence electrons. The van der Waals surface area contributed by atoms with Crippen molar-refractivity contribution in [2.75, 3.05) is 0 Å². The molecule has 6 heteroatoms. The molecule has 0 saturated heterocycles. The van der Waals surface area contributed by atoms with Gasteiger partial charge in [0.05, 0.1) is 5.56 Å². The maximum atomic E-state index is 13.4. The smallest absolute Gasteiger partial charge is 0.258 e. The SMILES string of the molecule is O=C(NC1=C(c2ccc(Cl)cc2)NC(c2ccc(-c3ccc4ccccc4c3)cc2)(c2ccccc2O)O1)c1ccccc1. The molecule has 0 fully saturated rings. The first-order valence-electron chi connectivity index (χ1n) is 14.2. The number of hydrogen-bond donors (Lipinski definition) is 3. The molecule has 1 aliphatic heterocycles. The van der Waals surface area contributed by atoms with Crippen molar-refractivity contribution < 1.29 is 14.6 Å². The fourth-order valence-electron chi connectivity index (χ4n) is 5.58. The maximum absolute atomic E-state index is 13.4. The Morgan fingerprint density at radius 2 is 1.32 bits per heavy atom. The predicted molar refractivity (Wildman–Crippen MR) is 175 cm³/mol. The lowest BCUT2D eigenvalue weighted by Crippen LogP contribution is -2.40. The summed E-state index contributed by atoms with van der Waals surface area (Å²) < 4.78 is 6.74. The summed E-state index contributed by atoms with van der Waals surface area (Å²) in [5.41, 5.74) is 3.78. The summed E-state index contributed by atoms with van der Waals surface area (Å²) >= 11 is 6.21. The van der Waals surface area contributed by atoms with Gasteiger partial charge in [-0.05, 0) is 64.4 Å². The van der Waals surface area contributed by atoms with Crippen molar-refractivity contribution in [2.45, 2.75) is 5.72 Å². The highest BCUT2D eigenvalue weighted by atomic mass is 35.5. The van der Waals surface area contributed by atoms with Crippen LogP contribution in [0.2, 0.25) is 5.02 Å². The van der Waals surface area contributed by atoms with E-state index in [1.54, 1.807) is 54.6 Å². The molecular formula is C38H27ClN2O3. The van der Waals surface area contributed by atoms with E-state index in [1.807, 2.05) is 60.7 Å². The zero-order chi connectivity index (χ0) is 30.1. The molecule has 1 heterocycles. The van der Waals surface area contributed by atoms with Crippen LogP contribution in [0.3, 0.4) is 0 Å². The second kappa shape index (κ2) is 11.3. The third kappa shape index (κ3) is 5.04. The van der Waals surface area contributed by atoms with Gasteiger partial charge >= 0.3 is 0 Å². The van der Waals surface area contributed by atoms with Gasteiger partial charge in [0.1, 0.15) is 11.4 Å². The van der Waals surface area contributed by atoms with Crippen molar-refractivity contribution in [3.8, 4) is 16.9 Å². The monoisotopic (exact) mass is 594 g/mol. The lowest BCUT2D eigenvalue weighted by molar-refractivity contribution is 0.0308. The maximum Gasteiger partial charge on any atom is 0.258 e. The zero-order valence-electron chi connectivity index (χ0n) is 23.5. The Bertz CT molecular complexity index is 2020. The predicted octanol–water partition coefficient (Wildman–Crippen LogP) is 8.44. The first-order valence-corrected chi connectivity index (χ1v) is 14.6. The van der Waals surface area contributed by atoms with Crippen LogP contribution in [0.15, 0.2) is 151 Å². The van der Waals surface area contributed by atoms with Gasteiger partial charge in [-0.25, -0.2) is 0 Å². The largest absolute Gasteiger partial charge is 0.507 e. The highest BCUT2D eigenvalue weighted by Gasteiger charge is 2.46. The third-order valence-corrected chi connectivity index (χ3v) is 8.09. The zero-order valence-corrected chi connectivity index (χ0v) is 24.3. The average Bonchev–Trinajstić information content (AvgIpc) is 3.45. The van der Waals surface area contributed by atoms with Crippen LogP contribution in [0.1, 0.15) is 27.0 Å². The topological polar surface area (TPSA) is 70.6 Å². The normalized spacial score (nSPS) is 15.9. The van der Waals surface area contributed by atoms with Crippen molar-refractivity contribution in [1.29, 1.82) is 0 Å². The minimum Gasteiger partial charge on any atom is -0.507 e. The van der Waals surface area contributed by atoms with Crippen LogP contribution >= 0.6 is 11.6 Å². The molecule has 1 aliphatic rings. The summed E-state index contributed by atoms with van der Waals surface area (Å²) in [7, 11) is 0. The molecule has 0 spiro atoms. The summed E-state index contributed by atoms with van der Waals surface area (Å²) in [4.78, 5) is 13.4. The van der Waals surface area contributed by atoms with Crippen molar-refractivity contribution in [3.05, 3.63) is 179 Å². The van der Waals surface area contributed by atoms with E-state index in [1.165, 1.54) is 5.39 Å². The van der Waals surface area contributed by atoms with Gasteiger partial charge in [-0.2, -0.15) is 0 Å². The minimum absolute atomic E-state index is 0.0460. The molecule has 6 aromatic carbocycles. The second-order valence-corrected chi connectivity index (χ2v) is 11.0. The number of fused-ring (bicyclic) bond motifs is 1. The van der Waals surface area contributed by atoms with Crippen molar-refractivity contribution in [1.82, 2.24) is 10.6 Å². The Morgan fingerprint density at radius 3 is 2.07 bits per heavy atom. The number of carbonyl (C=O) groups excluding carboxylic acids is 1. The van der Waals surface area contributed by atoms with Crippen LogP contribution < -0.4 is 10.6 Å². The van der Waals surface area contributed by atoms with E-state index in [4.69, 9.17) is 16.3 Å².